The van der Waals surface area contributed by atoms with Crippen molar-refractivity contribution in [3.8, 4) is 5.75 Å². The molecule has 0 aliphatic carbocycles. The molecule has 0 unspecified atom stereocenters. The van der Waals surface area contributed by atoms with Gasteiger partial charge in [-0.05, 0) is 24.6 Å². The summed E-state index contributed by atoms with van der Waals surface area (Å²) < 4.78 is 53.3. The summed E-state index contributed by atoms with van der Waals surface area (Å²) in [5.41, 5.74) is 0.567. The molecule has 0 aliphatic heterocycles. The summed E-state index contributed by atoms with van der Waals surface area (Å²) in [5.74, 6) is -2.92. The van der Waals surface area contributed by atoms with Crippen molar-refractivity contribution < 1.29 is 21.9 Å². The molecule has 0 N–H and O–H groups in total. The van der Waals surface area contributed by atoms with Crippen LogP contribution >= 0.6 is 10.7 Å². The molecule has 0 atom stereocenters. The number of hydrogen-bond acceptors (Lipinski definition) is 3. The number of halogens is 3. The first-order valence-corrected chi connectivity index (χ1v) is 6.73. The van der Waals surface area contributed by atoms with Gasteiger partial charge in [-0.3, -0.25) is 0 Å². The summed E-state index contributed by atoms with van der Waals surface area (Å²) in [6.07, 6.45) is 0. The Kier molecular flexibility index (Phi) is 4.11. The molecule has 1 aromatic carbocycles. The van der Waals surface area contributed by atoms with E-state index in [4.69, 9.17) is 15.4 Å². The van der Waals surface area contributed by atoms with Crippen LogP contribution in [0.25, 0.3) is 0 Å². The molecule has 0 bridgehead atoms. The first kappa shape index (κ1) is 13.9. The van der Waals surface area contributed by atoms with Gasteiger partial charge < -0.3 is 4.74 Å². The van der Waals surface area contributed by atoms with Crippen LogP contribution < -0.4 is 4.74 Å². The van der Waals surface area contributed by atoms with E-state index in [9.17, 15) is 17.2 Å². The lowest BCUT2D eigenvalue weighted by Crippen LogP contribution is -2.03. The van der Waals surface area contributed by atoms with Gasteiger partial charge in [0.05, 0.1) is 4.90 Å². The smallest absolute Gasteiger partial charge is 0.261 e. The maximum absolute atomic E-state index is 13.4. The molecule has 17 heavy (non-hydrogen) atoms. The van der Waals surface area contributed by atoms with Crippen LogP contribution in [0, 0.1) is 11.6 Å². The van der Waals surface area contributed by atoms with E-state index in [2.05, 4.69) is 6.58 Å². The summed E-state index contributed by atoms with van der Waals surface area (Å²) in [7, 11) is 0.790. The minimum absolute atomic E-state index is 0.0686. The van der Waals surface area contributed by atoms with E-state index < -0.39 is 31.3 Å². The van der Waals surface area contributed by atoms with Gasteiger partial charge in [0.1, 0.15) is 6.61 Å². The van der Waals surface area contributed by atoms with Crippen LogP contribution in [0.2, 0.25) is 0 Å². The van der Waals surface area contributed by atoms with E-state index in [0.29, 0.717) is 17.7 Å². The Morgan fingerprint density at radius 3 is 2.24 bits per heavy atom. The van der Waals surface area contributed by atoms with E-state index in [1.54, 1.807) is 6.92 Å². The molecule has 94 valence electrons. The molecule has 1 rings (SSSR count). The quantitative estimate of drug-likeness (QED) is 0.630. The molecule has 3 nitrogen and oxygen atoms in total. The van der Waals surface area contributed by atoms with Crippen molar-refractivity contribution >= 4 is 19.7 Å². The Morgan fingerprint density at radius 2 is 1.88 bits per heavy atom. The largest absolute Gasteiger partial charge is 0.483 e. The summed E-state index contributed by atoms with van der Waals surface area (Å²) >= 11 is 0. The van der Waals surface area contributed by atoms with Crippen LogP contribution in [0.4, 0.5) is 8.78 Å². The van der Waals surface area contributed by atoms with Crippen molar-refractivity contribution in [1.29, 1.82) is 0 Å². The predicted molar refractivity (Wildman–Crippen MR) is 59.7 cm³/mol. The van der Waals surface area contributed by atoms with Crippen LogP contribution in [0.15, 0.2) is 29.2 Å². The van der Waals surface area contributed by atoms with Gasteiger partial charge in [-0.25, -0.2) is 17.2 Å². The molecule has 0 fully saturated rings. The summed E-state index contributed by atoms with van der Waals surface area (Å²) in [4.78, 5) is -0.656. The van der Waals surface area contributed by atoms with Crippen molar-refractivity contribution in [1.82, 2.24) is 0 Å². The van der Waals surface area contributed by atoms with Gasteiger partial charge in [0, 0.05) is 10.7 Å². The first-order chi connectivity index (χ1) is 7.71. The average molecular weight is 283 g/mol. The van der Waals surface area contributed by atoms with Crippen LogP contribution in [-0.4, -0.2) is 15.0 Å². The van der Waals surface area contributed by atoms with Crippen LogP contribution in [0.1, 0.15) is 6.92 Å². The molecule has 0 saturated heterocycles. The topological polar surface area (TPSA) is 43.4 Å². The lowest BCUT2D eigenvalue weighted by atomic mass is 10.3. The molecule has 0 amide bonds. The van der Waals surface area contributed by atoms with Crippen molar-refractivity contribution in [2.24, 2.45) is 0 Å². The van der Waals surface area contributed by atoms with Gasteiger partial charge in [0.25, 0.3) is 9.05 Å². The van der Waals surface area contributed by atoms with Crippen LogP contribution in [0.3, 0.4) is 0 Å². The van der Waals surface area contributed by atoms with Crippen molar-refractivity contribution in [2.45, 2.75) is 11.8 Å². The molecular weight excluding hydrogens is 274 g/mol. The Labute approximate surface area is 102 Å². The second-order valence-electron chi connectivity index (χ2n) is 3.40. The minimum atomic E-state index is -4.18. The maximum Gasteiger partial charge on any atom is 0.261 e. The van der Waals surface area contributed by atoms with Gasteiger partial charge >= 0.3 is 0 Å². The summed E-state index contributed by atoms with van der Waals surface area (Å²) in [6.45, 7) is 5.05. The number of ether oxygens (including phenoxy) is 1. The molecule has 0 aromatic heterocycles. The highest BCUT2D eigenvalue weighted by Gasteiger charge is 2.18. The fourth-order valence-electron chi connectivity index (χ4n) is 1.01. The van der Waals surface area contributed by atoms with Crippen LogP contribution in [0.5, 0.6) is 5.75 Å². The zero-order valence-corrected chi connectivity index (χ0v) is 10.4. The van der Waals surface area contributed by atoms with E-state index in [-0.39, 0.29) is 6.61 Å². The van der Waals surface area contributed by atoms with E-state index in [0.717, 1.165) is 0 Å². The third-order valence-electron chi connectivity index (χ3n) is 1.72. The SMILES string of the molecule is C=C(C)COc1c(F)cc(S(=O)(=O)Cl)cc1F. The molecular formula is C10H9ClF2O3S. The number of rotatable bonds is 4. The van der Waals surface area contributed by atoms with Gasteiger partial charge in [-0.15, -0.1) is 0 Å². The fourth-order valence-corrected chi connectivity index (χ4v) is 1.77. The van der Waals surface area contributed by atoms with Gasteiger partial charge in [-0.1, -0.05) is 6.58 Å². The fraction of sp³-hybridized carbons (Fsp3) is 0.200. The molecule has 0 radical (unpaired) electrons. The van der Waals surface area contributed by atoms with Gasteiger partial charge in [-0.2, -0.15) is 0 Å². The molecule has 1 aromatic rings. The van der Waals surface area contributed by atoms with Crippen molar-refractivity contribution in [2.75, 3.05) is 6.61 Å². The summed E-state index contributed by atoms with van der Waals surface area (Å²) in [5, 5.41) is 0. The Bertz CT molecular complexity index is 532. The second kappa shape index (κ2) is 5.01. The lowest BCUT2D eigenvalue weighted by Gasteiger charge is -2.08. The average Bonchev–Trinajstić information content (AvgIpc) is 2.14. The van der Waals surface area contributed by atoms with Gasteiger partial charge in [0.2, 0.25) is 0 Å². The third kappa shape index (κ3) is 3.67. The van der Waals surface area contributed by atoms with Crippen LogP contribution in [-0.2, 0) is 9.05 Å². The maximum atomic E-state index is 13.4. The Morgan fingerprint density at radius 1 is 1.41 bits per heavy atom. The highest BCUT2D eigenvalue weighted by Crippen LogP contribution is 2.27. The van der Waals surface area contributed by atoms with Crippen molar-refractivity contribution in [3.05, 3.63) is 35.9 Å². The number of hydrogen-bond donors (Lipinski definition) is 0. The molecule has 0 aliphatic rings. The molecule has 0 heterocycles. The zero-order valence-electron chi connectivity index (χ0n) is 8.84. The predicted octanol–water partition coefficient (Wildman–Crippen LogP) is 2.85. The second-order valence-corrected chi connectivity index (χ2v) is 5.97. The zero-order chi connectivity index (χ0) is 13.2. The lowest BCUT2D eigenvalue weighted by molar-refractivity contribution is 0.312. The highest BCUT2D eigenvalue weighted by atomic mass is 35.7. The monoisotopic (exact) mass is 282 g/mol. The van der Waals surface area contributed by atoms with E-state index in [1.807, 2.05) is 0 Å². The minimum Gasteiger partial charge on any atom is -0.483 e. The van der Waals surface area contributed by atoms with Gasteiger partial charge in [0.15, 0.2) is 17.4 Å². The standard InChI is InChI=1S/C10H9ClF2O3S/c1-6(2)5-16-10-8(12)3-7(4-9(10)13)17(11,14)15/h3-4H,1,5H2,2H3. The first-order valence-electron chi connectivity index (χ1n) is 4.42. The normalized spacial score (nSPS) is 11.3. The Hall–Kier alpha value is -1.14. The van der Waals surface area contributed by atoms with E-state index >= 15 is 0 Å². The highest BCUT2D eigenvalue weighted by molar-refractivity contribution is 8.13. The number of benzene rings is 1. The molecule has 7 heteroatoms. The molecule has 0 saturated carbocycles. The van der Waals surface area contributed by atoms with Crippen molar-refractivity contribution in [3.63, 3.8) is 0 Å². The third-order valence-corrected chi connectivity index (χ3v) is 3.05. The molecule has 0 spiro atoms. The Balaban J connectivity index is 3.15. The summed E-state index contributed by atoms with van der Waals surface area (Å²) in [6, 6.07) is 1.19. The van der Waals surface area contributed by atoms with E-state index in [1.165, 1.54) is 0 Å².